The summed E-state index contributed by atoms with van der Waals surface area (Å²) in [5.74, 6) is 1.82. The van der Waals surface area contributed by atoms with Crippen molar-refractivity contribution in [2.45, 2.75) is 0 Å². The molecule has 0 fully saturated rings. The van der Waals surface area contributed by atoms with E-state index in [-0.39, 0.29) is 0 Å². The fourth-order valence-corrected chi connectivity index (χ4v) is 8.62. The third-order valence-electron chi connectivity index (χ3n) is 11.4. The summed E-state index contributed by atoms with van der Waals surface area (Å²) < 4.78 is 8.98. The number of fused-ring (bicyclic) bond motifs is 8. The first kappa shape index (κ1) is 32.4. The number of para-hydroxylation sites is 2. The second-order valence-electron chi connectivity index (χ2n) is 14.8. The lowest BCUT2D eigenvalue weighted by atomic mass is 10.00. The minimum absolute atomic E-state index is 0.590. The van der Waals surface area contributed by atoms with Crippen molar-refractivity contribution < 1.29 is 4.42 Å². The predicted molar refractivity (Wildman–Crippen MR) is 238 cm³/mol. The summed E-state index contributed by atoms with van der Waals surface area (Å²) in [5.41, 5.74) is 10.1. The summed E-state index contributed by atoms with van der Waals surface area (Å²) in [4.78, 5) is 15.6. The summed E-state index contributed by atoms with van der Waals surface area (Å²) in [6.07, 6.45) is 0. The summed E-state index contributed by atoms with van der Waals surface area (Å²) in [5, 5.41) is 9.00. The number of rotatable bonds is 5. The van der Waals surface area contributed by atoms with Gasteiger partial charge in [-0.25, -0.2) is 15.0 Å². The Morgan fingerprint density at radius 1 is 0.345 bits per heavy atom. The van der Waals surface area contributed by atoms with E-state index in [9.17, 15) is 0 Å². The Labute approximate surface area is 333 Å². The summed E-state index contributed by atoms with van der Waals surface area (Å²) in [6.45, 7) is 0. The number of hydrogen-bond acceptors (Lipinski definition) is 4. The molecule has 0 N–H and O–H groups in total. The minimum atomic E-state index is 0.590. The molecule has 0 aliphatic carbocycles. The number of hydrogen-bond donors (Lipinski definition) is 0. The van der Waals surface area contributed by atoms with E-state index < -0.39 is 0 Å². The van der Waals surface area contributed by atoms with Crippen LogP contribution in [0.25, 0.3) is 116 Å². The molecule has 0 saturated heterocycles. The van der Waals surface area contributed by atoms with Gasteiger partial charge in [-0.15, -0.1) is 0 Å². The molecule has 0 bridgehead atoms. The maximum absolute atomic E-state index is 6.66. The third kappa shape index (κ3) is 5.21. The van der Waals surface area contributed by atoms with Gasteiger partial charge >= 0.3 is 0 Å². The molecular weight excluding hydrogens is 709 g/mol. The number of nitrogens with zero attached hydrogens (tertiary/aromatic N) is 4. The monoisotopic (exact) mass is 740 g/mol. The van der Waals surface area contributed by atoms with E-state index in [4.69, 9.17) is 19.4 Å². The van der Waals surface area contributed by atoms with E-state index >= 15 is 0 Å². The fourth-order valence-electron chi connectivity index (χ4n) is 8.62. The smallest absolute Gasteiger partial charge is 0.164 e. The van der Waals surface area contributed by atoms with E-state index in [0.29, 0.717) is 17.5 Å². The van der Waals surface area contributed by atoms with Gasteiger partial charge in [0, 0.05) is 50.0 Å². The van der Waals surface area contributed by atoms with Gasteiger partial charge in [0.15, 0.2) is 17.5 Å². The van der Waals surface area contributed by atoms with Crippen LogP contribution in [0.3, 0.4) is 0 Å². The highest BCUT2D eigenvalue weighted by Gasteiger charge is 2.20. The van der Waals surface area contributed by atoms with Gasteiger partial charge in [-0.2, -0.15) is 0 Å². The van der Waals surface area contributed by atoms with Crippen LogP contribution in [0.4, 0.5) is 0 Å². The van der Waals surface area contributed by atoms with Crippen LogP contribution in [-0.4, -0.2) is 19.5 Å². The summed E-state index contributed by atoms with van der Waals surface area (Å²) in [7, 11) is 0. The van der Waals surface area contributed by atoms with Crippen molar-refractivity contribution >= 4 is 65.3 Å². The van der Waals surface area contributed by atoms with Crippen molar-refractivity contribution in [3.63, 3.8) is 0 Å². The first-order valence-electron chi connectivity index (χ1n) is 19.5. The Morgan fingerprint density at radius 2 is 0.914 bits per heavy atom. The SMILES string of the molecule is c1ccc(-c2ccc3cc(-c4nc(-c5ccc6ccccc6c5)nc(-c5cccc6oc7cc(-n8c9ccccc9c9ccccc98)ccc7c56)n4)ccc3c2)cc1. The van der Waals surface area contributed by atoms with Crippen molar-refractivity contribution in [1.82, 2.24) is 19.5 Å². The molecule has 270 valence electrons. The Hall–Kier alpha value is -7.89. The molecule has 12 rings (SSSR count). The van der Waals surface area contributed by atoms with Crippen LogP contribution < -0.4 is 0 Å². The molecule has 3 heterocycles. The lowest BCUT2D eigenvalue weighted by molar-refractivity contribution is 0.668. The minimum Gasteiger partial charge on any atom is -0.456 e. The zero-order chi connectivity index (χ0) is 38.2. The quantitative estimate of drug-likeness (QED) is 0.176. The Bertz CT molecular complexity index is 3530. The van der Waals surface area contributed by atoms with Crippen molar-refractivity contribution in [3.05, 3.63) is 194 Å². The topological polar surface area (TPSA) is 56.7 Å². The normalized spacial score (nSPS) is 11.8. The molecule has 0 radical (unpaired) electrons. The largest absolute Gasteiger partial charge is 0.456 e. The lowest BCUT2D eigenvalue weighted by Crippen LogP contribution is -2.00. The maximum Gasteiger partial charge on any atom is 0.164 e. The van der Waals surface area contributed by atoms with Gasteiger partial charge in [0.1, 0.15) is 11.2 Å². The molecule has 3 aromatic heterocycles. The van der Waals surface area contributed by atoms with Crippen LogP contribution in [0.2, 0.25) is 0 Å². The number of aromatic nitrogens is 4. The van der Waals surface area contributed by atoms with E-state index in [1.165, 1.54) is 27.3 Å². The molecule has 58 heavy (non-hydrogen) atoms. The van der Waals surface area contributed by atoms with Crippen molar-refractivity contribution in [2.75, 3.05) is 0 Å². The Balaban J connectivity index is 1.03. The van der Waals surface area contributed by atoms with E-state index in [0.717, 1.165) is 71.5 Å². The molecule has 0 amide bonds. The Kier molecular flexibility index (Phi) is 7.16. The molecule has 5 heteroatoms. The molecular formula is C53H32N4O. The van der Waals surface area contributed by atoms with E-state index in [1.807, 2.05) is 18.2 Å². The van der Waals surface area contributed by atoms with E-state index in [2.05, 4.69) is 180 Å². The van der Waals surface area contributed by atoms with Crippen molar-refractivity contribution in [3.8, 4) is 51.0 Å². The molecule has 0 aliphatic heterocycles. The van der Waals surface area contributed by atoms with Crippen LogP contribution >= 0.6 is 0 Å². The molecule has 0 unspecified atom stereocenters. The van der Waals surface area contributed by atoms with Crippen LogP contribution in [-0.2, 0) is 0 Å². The van der Waals surface area contributed by atoms with Gasteiger partial charge in [-0.05, 0) is 81.2 Å². The zero-order valence-corrected chi connectivity index (χ0v) is 31.2. The van der Waals surface area contributed by atoms with Gasteiger partial charge in [0.2, 0.25) is 0 Å². The Morgan fingerprint density at radius 3 is 1.64 bits per heavy atom. The first-order valence-corrected chi connectivity index (χ1v) is 19.5. The van der Waals surface area contributed by atoms with Gasteiger partial charge < -0.3 is 8.98 Å². The van der Waals surface area contributed by atoms with Crippen LogP contribution in [0.1, 0.15) is 0 Å². The molecule has 5 nitrogen and oxygen atoms in total. The number of furan rings is 1. The van der Waals surface area contributed by atoms with E-state index in [1.54, 1.807) is 0 Å². The van der Waals surface area contributed by atoms with Crippen molar-refractivity contribution in [1.29, 1.82) is 0 Å². The number of benzene rings is 9. The summed E-state index contributed by atoms with van der Waals surface area (Å²) >= 11 is 0. The highest BCUT2D eigenvalue weighted by molar-refractivity contribution is 6.13. The zero-order valence-electron chi connectivity index (χ0n) is 31.2. The van der Waals surface area contributed by atoms with Crippen LogP contribution in [0, 0.1) is 0 Å². The highest BCUT2D eigenvalue weighted by Crippen LogP contribution is 2.39. The average molecular weight is 741 g/mol. The first-order chi connectivity index (χ1) is 28.7. The van der Waals surface area contributed by atoms with Gasteiger partial charge in [0.25, 0.3) is 0 Å². The van der Waals surface area contributed by atoms with Gasteiger partial charge in [0.05, 0.1) is 11.0 Å². The standard InChI is InChI=1S/C53H32N4O/c1-2-11-33(12-3-1)36-22-23-38-31-40(26-24-37(38)29-36)52-54-51(39-25-21-34-13-4-5-14-35(34)30-39)55-53(56-52)45-17-10-20-48-50(45)44-28-27-41(32-49(44)58-48)57-46-18-8-6-15-42(46)43-16-7-9-19-47(43)57/h1-32H. The molecule has 0 spiro atoms. The molecule has 0 saturated carbocycles. The molecule has 12 aromatic rings. The third-order valence-corrected chi connectivity index (χ3v) is 11.4. The molecule has 0 atom stereocenters. The lowest BCUT2D eigenvalue weighted by Gasteiger charge is -2.11. The second-order valence-corrected chi connectivity index (χ2v) is 14.8. The second kappa shape index (κ2) is 12.8. The van der Waals surface area contributed by atoms with Crippen LogP contribution in [0.15, 0.2) is 199 Å². The van der Waals surface area contributed by atoms with Gasteiger partial charge in [-0.1, -0.05) is 140 Å². The molecule has 9 aromatic carbocycles. The highest BCUT2D eigenvalue weighted by atomic mass is 16.3. The summed E-state index contributed by atoms with van der Waals surface area (Å²) in [6, 6.07) is 68.1. The van der Waals surface area contributed by atoms with Crippen LogP contribution in [0.5, 0.6) is 0 Å². The average Bonchev–Trinajstić information content (AvgIpc) is 3.84. The maximum atomic E-state index is 6.66. The van der Waals surface area contributed by atoms with Crippen molar-refractivity contribution in [2.24, 2.45) is 0 Å². The molecule has 0 aliphatic rings. The fraction of sp³-hybridized carbons (Fsp3) is 0. The van der Waals surface area contributed by atoms with Gasteiger partial charge in [-0.3, -0.25) is 0 Å². The predicted octanol–water partition coefficient (Wildman–Crippen LogP) is 13.8.